The Morgan fingerprint density at radius 1 is 1.12 bits per heavy atom. The molecule has 2 heterocycles. The molecule has 1 N–H and O–H groups in total. The van der Waals surface area contributed by atoms with Gasteiger partial charge in [-0.25, -0.2) is 0 Å². The highest BCUT2D eigenvalue weighted by molar-refractivity contribution is 9.10. The molecular weight excluding hydrogens is 364 g/mol. The molecule has 0 saturated carbocycles. The largest absolute Gasteiger partial charge is 0.358 e. The lowest BCUT2D eigenvalue weighted by Crippen LogP contribution is -2.34. The molecule has 3 aromatic rings. The summed E-state index contributed by atoms with van der Waals surface area (Å²) in [5.74, 6) is 0.0637. The van der Waals surface area contributed by atoms with Crippen molar-refractivity contribution >= 4 is 38.8 Å². The van der Waals surface area contributed by atoms with Crippen LogP contribution in [0.5, 0.6) is 0 Å². The van der Waals surface area contributed by atoms with Gasteiger partial charge in [-0.05, 0) is 29.8 Å². The van der Waals surface area contributed by atoms with Crippen molar-refractivity contribution in [3.63, 3.8) is 0 Å². The number of amides is 1. The zero-order chi connectivity index (χ0) is 16.5. The number of rotatable bonds is 2. The highest BCUT2D eigenvalue weighted by Crippen LogP contribution is 2.27. The topological polar surface area (TPSA) is 36.1 Å². The van der Waals surface area contributed by atoms with E-state index in [9.17, 15) is 4.79 Å². The second-order valence-electron chi connectivity index (χ2n) is 6.02. The number of H-pyrrole nitrogens is 1. The Morgan fingerprint density at radius 3 is 2.75 bits per heavy atom. The van der Waals surface area contributed by atoms with Crippen LogP contribution in [-0.4, -0.2) is 22.3 Å². The molecule has 24 heavy (non-hydrogen) atoms. The number of benzene rings is 2. The van der Waals surface area contributed by atoms with Gasteiger partial charge in [0.25, 0.3) is 0 Å². The molecule has 0 radical (unpaired) electrons. The Morgan fingerprint density at radius 2 is 1.92 bits per heavy atom. The molecule has 4 heteroatoms. The van der Waals surface area contributed by atoms with E-state index < -0.39 is 0 Å². The van der Waals surface area contributed by atoms with Crippen LogP contribution in [0.15, 0.2) is 59.1 Å². The summed E-state index contributed by atoms with van der Waals surface area (Å²) in [4.78, 5) is 17.9. The normalized spacial score (nSPS) is 14.3. The molecule has 4 rings (SSSR count). The van der Waals surface area contributed by atoms with Gasteiger partial charge in [0, 0.05) is 52.2 Å². The van der Waals surface area contributed by atoms with E-state index in [4.69, 9.17) is 0 Å². The fourth-order valence-electron chi connectivity index (χ4n) is 3.20. The van der Waals surface area contributed by atoms with E-state index in [1.807, 2.05) is 47.4 Å². The first kappa shape index (κ1) is 15.2. The lowest BCUT2D eigenvalue weighted by molar-refractivity contribution is -0.126. The van der Waals surface area contributed by atoms with Gasteiger partial charge in [-0.1, -0.05) is 46.3 Å². The van der Waals surface area contributed by atoms with Crippen LogP contribution < -0.4 is 0 Å². The zero-order valence-electron chi connectivity index (χ0n) is 13.1. The Hall–Kier alpha value is -2.33. The number of para-hydroxylation sites is 1. The van der Waals surface area contributed by atoms with Gasteiger partial charge in [0.2, 0.25) is 5.91 Å². The Bertz CT molecular complexity index is 924. The molecule has 3 nitrogen and oxygen atoms in total. The minimum absolute atomic E-state index is 0.0637. The van der Waals surface area contributed by atoms with Crippen LogP contribution >= 0.6 is 15.9 Å². The molecule has 1 amide bonds. The Kier molecular flexibility index (Phi) is 3.98. The number of nitrogens with one attached hydrogen (secondary N) is 1. The second kappa shape index (κ2) is 6.29. The number of hydrogen-bond donors (Lipinski definition) is 1. The van der Waals surface area contributed by atoms with Crippen LogP contribution in [0.3, 0.4) is 0 Å². The van der Waals surface area contributed by atoms with Gasteiger partial charge < -0.3 is 9.88 Å². The molecule has 0 saturated heterocycles. The van der Waals surface area contributed by atoms with Crippen LogP contribution in [0.25, 0.3) is 17.0 Å². The lowest BCUT2D eigenvalue weighted by Gasteiger charge is -2.26. The van der Waals surface area contributed by atoms with Gasteiger partial charge in [-0.3, -0.25) is 4.79 Å². The van der Waals surface area contributed by atoms with Gasteiger partial charge in [0.05, 0.1) is 0 Å². The quantitative estimate of drug-likeness (QED) is 0.651. The number of aromatic amines is 1. The molecule has 2 aromatic carbocycles. The maximum Gasteiger partial charge on any atom is 0.246 e. The van der Waals surface area contributed by atoms with Crippen LogP contribution in [0.2, 0.25) is 0 Å². The molecule has 0 atom stereocenters. The number of nitrogens with zero attached hydrogens (tertiary/aromatic N) is 1. The second-order valence-corrected chi connectivity index (χ2v) is 6.94. The van der Waals surface area contributed by atoms with E-state index in [1.54, 1.807) is 6.08 Å². The van der Waals surface area contributed by atoms with Gasteiger partial charge in [-0.2, -0.15) is 0 Å². The fourth-order valence-corrected chi connectivity index (χ4v) is 3.47. The lowest BCUT2D eigenvalue weighted by atomic mass is 10.0. The number of aromatic nitrogens is 1. The molecule has 0 unspecified atom stereocenters. The average Bonchev–Trinajstić information content (AvgIpc) is 2.99. The van der Waals surface area contributed by atoms with Crippen LogP contribution in [0.1, 0.15) is 16.8 Å². The van der Waals surface area contributed by atoms with Crippen molar-refractivity contribution in [2.75, 3.05) is 6.54 Å². The fraction of sp³-hybridized carbons (Fsp3) is 0.150. The number of carbonyl (C=O) groups is 1. The molecule has 0 spiro atoms. The first-order valence-electron chi connectivity index (χ1n) is 8.02. The number of fused-ring (bicyclic) bond motifs is 3. The van der Waals surface area contributed by atoms with E-state index in [0.29, 0.717) is 6.54 Å². The minimum atomic E-state index is 0.0637. The van der Waals surface area contributed by atoms with Gasteiger partial charge >= 0.3 is 0 Å². The maximum atomic E-state index is 12.5. The van der Waals surface area contributed by atoms with E-state index in [-0.39, 0.29) is 5.91 Å². The predicted molar refractivity (Wildman–Crippen MR) is 101 cm³/mol. The maximum absolute atomic E-state index is 12.5. The van der Waals surface area contributed by atoms with E-state index in [2.05, 4.69) is 33.0 Å². The average molecular weight is 381 g/mol. The third kappa shape index (κ3) is 2.89. The SMILES string of the molecule is O=C(C=Cc1ccc(Br)cc1)N1CCc2[nH]c3ccccc3c2C1. The predicted octanol–water partition coefficient (Wildman–Crippen LogP) is 4.53. The summed E-state index contributed by atoms with van der Waals surface area (Å²) in [7, 11) is 0. The smallest absolute Gasteiger partial charge is 0.246 e. The summed E-state index contributed by atoms with van der Waals surface area (Å²) >= 11 is 3.42. The standard InChI is InChI=1S/C20H17BrN2O/c21-15-8-5-14(6-9-15)7-10-20(24)23-12-11-19-17(13-23)16-3-1-2-4-18(16)22-19/h1-10,22H,11-13H2. The van der Waals surface area contributed by atoms with Crippen LogP contribution in [0.4, 0.5) is 0 Å². The van der Waals surface area contributed by atoms with Crippen molar-refractivity contribution in [2.24, 2.45) is 0 Å². The highest BCUT2D eigenvalue weighted by Gasteiger charge is 2.22. The van der Waals surface area contributed by atoms with Gasteiger partial charge in [0.1, 0.15) is 0 Å². The summed E-state index contributed by atoms with van der Waals surface area (Å²) in [5.41, 5.74) is 4.69. The van der Waals surface area contributed by atoms with Crippen molar-refractivity contribution in [3.8, 4) is 0 Å². The Balaban J connectivity index is 1.53. The zero-order valence-corrected chi connectivity index (χ0v) is 14.7. The van der Waals surface area contributed by atoms with Gasteiger partial charge in [0.15, 0.2) is 0 Å². The summed E-state index contributed by atoms with van der Waals surface area (Å²) in [6.07, 6.45) is 4.42. The third-order valence-corrected chi connectivity index (χ3v) is 5.01. The highest BCUT2D eigenvalue weighted by atomic mass is 79.9. The summed E-state index contributed by atoms with van der Waals surface area (Å²) < 4.78 is 1.04. The summed E-state index contributed by atoms with van der Waals surface area (Å²) in [5, 5.41) is 1.22. The monoisotopic (exact) mass is 380 g/mol. The summed E-state index contributed by atoms with van der Waals surface area (Å²) in [6.45, 7) is 1.42. The number of hydrogen-bond acceptors (Lipinski definition) is 1. The summed E-state index contributed by atoms with van der Waals surface area (Å²) in [6, 6.07) is 16.2. The molecular formula is C20H17BrN2O. The number of halogens is 1. The van der Waals surface area contributed by atoms with E-state index >= 15 is 0 Å². The first-order valence-corrected chi connectivity index (χ1v) is 8.81. The third-order valence-electron chi connectivity index (χ3n) is 4.48. The molecule has 1 aromatic heterocycles. The van der Waals surface area contributed by atoms with Crippen molar-refractivity contribution in [1.82, 2.24) is 9.88 Å². The minimum Gasteiger partial charge on any atom is -0.358 e. The van der Waals surface area contributed by atoms with Crippen molar-refractivity contribution in [3.05, 3.63) is 75.9 Å². The van der Waals surface area contributed by atoms with E-state index in [1.165, 1.54) is 16.6 Å². The molecule has 1 aliphatic rings. The van der Waals surface area contributed by atoms with Crippen molar-refractivity contribution in [1.29, 1.82) is 0 Å². The molecule has 0 bridgehead atoms. The van der Waals surface area contributed by atoms with E-state index in [0.717, 1.165) is 28.5 Å². The van der Waals surface area contributed by atoms with Crippen molar-refractivity contribution in [2.45, 2.75) is 13.0 Å². The van der Waals surface area contributed by atoms with Crippen LogP contribution in [0, 0.1) is 0 Å². The van der Waals surface area contributed by atoms with Gasteiger partial charge in [-0.15, -0.1) is 0 Å². The first-order chi connectivity index (χ1) is 11.7. The number of carbonyl (C=O) groups excluding carboxylic acids is 1. The molecule has 0 fully saturated rings. The van der Waals surface area contributed by atoms with Crippen molar-refractivity contribution < 1.29 is 4.79 Å². The Labute approximate surface area is 149 Å². The molecule has 120 valence electrons. The molecule has 1 aliphatic heterocycles. The molecule has 0 aliphatic carbocycles. The van der Waals surface area contributed by atoms with Crippen LogP contribution in [-0.2, 0) is 17.8 Å².